The molecule has 1 aromatic heterocycles. The summed E-state index contributed by atoms with van der Waals surface area (Å²) in [6.45, 7) is 5.29. The molecule has 2 fully saturated rings. The molecule has 1 amide bonds. The first-order valence-electron chi connectivity index (χ1n) is 11.3. The second-order valence-electron chi connectivity index (χ2n) is 8.42. The van der Waals surface area contributed by atoms with Crippen LogP contribution in [0.4, 0.5) is 15.2 Å². The topological polar surface area (TPSA) is 77.1 Å². The van der Waals surface area contributed by atoms with Crippen LogP contribution in [0.5, 0.6) is 0 Å². The van der Waals surface area contributed by atoms with Crippen molar-refractivity contribution in [3.8, 4) is 0 Å². The molecule has 0 saturated carbocycles. The molecule has 0 N–H and O–H groups in total. The molecule has 2 aromatic rings. The number of rotatable bonds is 6. The summed E-state index contributed by atoms with van der Waals surface area (Å²) in [7, 11) is -3.41. The molecule has 2 saturated heterocycles. The maximum Gasteiger partial charge on any atom is 0.282 e. The third-order valence-corrected chi connectivity index (χ3v) is 8.98. The number of carbonyl (C=O) groups excluding carboxylic acids is 1. The van der Waals surface area contributed by atoms with E-state index in [1.165, 1.54) is 29.2 Å². The van der Waals surface area contributed by atoms with Gasteiger partial charge in [0.05, 0.1) is 11.4 Å². The number of benzene rings is 1. The Hall–Kier alpha value is -1.92. The first-order valence-corrected chi connectivity index (χ1v) is 13.6. The monoisotopic (exact) mass is 495 g/mol. The summed E-state index contributed by atoms with van der Waals surface area (Å²) >= 11 is 1.29. The van der Waals surface area contributed by atoms with E-state index in [0.29, 0.717) is 50.9 Å². The number of anilines is 2. The second-order valence-corrected chi connectivity index (χ2v) is 11.2. The van der Waals surface area contributed by atoms with Crippen LogP contribution in [0.2, 0.25) is 0 Å². The van der Waals surface area contributed by atoms with Crippen molar-refractivity contribution in [1.82, 2.24) is 18.5 Å². The van der Waals surface area contributed by atoms with Gasteiger partial charge in [-0.05, 0) is 25.0 Å². The van der Waals surface area contributed by atoms with Gasteiger partial charge in [0.25, 0.3) is 10.2 Å². The lowest BCUT2D eigenvalue weighted by atomic mass is 10.2. The second kappa shape index (κ2) is 10.6. The van der Waals surface area contributed by atoms with E-state index in [0.717, 1.165) is 31.4 Å². The average molecular weight is 496 g/mol. The zero-order valence-electron chi connectivity index (χ0n) is 18.8. The molecule has 0 spiro atoms. The number of hydrogen-bond acceptors (Lipinski definition) is 6. The fraction of sp³-hybridized carbons (Fsp3) is 0.545. The van der Waals surface area contributed by atoms with E-state index in [-0.39, 0.29) is 11.6 Å². The number of para-hydroxylation sites is 1. The Morgan fingerprint density at radius 1 is 1.03 bits per heavy atom. The summed E-state index contributed by atoms with van der Waals surface area (Å²) in [6.07, 6.45) is 4.03. The number of aromatic nitrogens is 1. The van der Waals surface area contributed by atoms with Gasteiger partial charge in [0.1, 0.15) is 5.82 Å². The summed E-state index contributed by atoms with van der Waals surface area (Å²) in [6, 6.07) is 6.14. The highest BCUT2D eigenvalue weighted by molar-refractivity contribution is 7.86. The average Bonchev–Trinajstić information content (AvgIpc) is 3.06. The highest BCUT2D eigenvalue weighted by Crippen LogP contribution is 2.31. The summed E-state index contributed by atoms with van der Waals surface area (Å²) in [5, 5.41) is 2.29. The minimum Gasteiger partial charge on any atom is -0.295 e. The van der Waals surface area contributed by atoms with Crippen molar-refractivity contribution in [2.24, 2.45) is 0 Å². The van der Waals surface area contributed by atoms with Crippen molar-refractivity contribution in [3.63, 3.8) is 0 Å². The number of amides is 1. The third-order valence-electron chi connectivity index (χ3n) is 6.07. The van der Waals surface area contributed by atoms with Crippen LogP contribution in [0.3, 0.4) is 0 Å². The lowest BCUT2D eigenvalue weighted by Gasteiger charge is -2.36. The van der Waals surface area contributed by atoms with Crippen LogP contribution in [0.1, 0.15) is 38.3 Å². The normalized spacial score (nSPS) is 19.3. The Morgan fingerprint density at radius 3 is 2.30 bits per heavy atom. The van der Waals surface area contributed by atoms with Crippen LogP contribution < -0.4 is 4.90 Å². The largest absolute Gasteiger partial charge is 0.295 e. The Morgan fingerprint density at radius 2 is 1.67 bits per heavy atom. The van der Waals surface area contributed by atoms with Gasteiger partial charge in [0.2, 0.25) is 5.91 Å². The van der Waals surface area contributed by atoms with Gasteiger partial charge in [-0.3, -0.25) is 14.6 Å². The summed E-state index contributed by atoms with van der Waals surface area (Å²) < 4.78 is 43.5. The Balaban J connectivity index is 1.38. The Labute approximate surface area is 198 Å². The van der Waals surface area contributed by atoms with Crippen molar-refractivity contribution in [3.05, 3.63) is 41.2 Å². The van der Waals surface area contributed by atoms with Crippen LogP contribution in [0.15, 0.2) is 29.6 Å². The van der Waals surface area contributed by atoms with Gasteiger partial charge in [0, 0.05) is 58.1 Å². The SMILES string of the molecule is CC(=O)N(c1nc(CN2CCN(S(=O)(=O)N3CCCCCC3)CC2)cs1)c1ccccc1F. The lowest BCUT2D eigenvalue weighted by molar-refractivity contribution is -0.115. The number of hydrogen-bond donors (Lipinski definition) is 0. The third kappa shape index (κ3) is 5.60. The van der Waals surface area contributed by atoms with E-state index < -0.39 is 16.0 Å². The maximum absolute atomic E-state index is 14.3. The highest BCUT2D eigenvalue weighted by Gasteiger charge is 2.32. The van der Waals surface area contributed by atoms with Crippen molar-refractivity contribution in [1.29, 1.82) is 0 Å². The smallest absolute Gasteiger partial charge is 0.282 e. The molecule has 3 heterocycles. The van der Waals surface area contributed by atoms with Crippen LogP contribution in [-0.4, -0.2) is 72.1 Å². The molecule has 0 bridgehead atoms. The van der Waals surface area contributed by atoms with Crippen molar-refractivity contribution >= 4 is 38.3 Å². The van der Waals surface area contributed by atoms with Gasteiger partial charge in [-0.2, -0.15) is 17.0 Å². The fourth-order valence-corrected chi connectivity index (χ4v) is 6.84. The lowest BCUT2D eigenvalue weighted by Crippen LogP contribution is -2.52. The van der Waals surface area contributed by atoms with Crippen LogP contribution in [0.25, 0.3) is 0 Å². The van der Waals surface area contributed by atoms with Gasteiger partial charge in [0.15, 0.2) is 5.13 Å². The molecule has 4 rings (SSSR count). The molecule has 8 nitrogen and oxygen atoms in total. The molecule has 0 unspecified atom stereocenters. The number of piperazine rings is 1. The van der Waals surface area contributed by atoms with Crippen LogP contribution in [0, 0.1) is 5.82 Å². The summed E-state index contributed by atoms with van der Waals surface area (Å²) in [5.41, 5.74) is 0.958. The van der Waals surface area contributed by atoms with Crippen molar-refractivity contribution in [2.75, 3.05) is 44.2 Å². The molecule has 2 aliphatic rings. The molecular formula is C22H30FN5O3S2. The predicted molar refractivity (Wildman–Crippen MR) is 127 cm³/mol. The van der Waals surface area contributed by atoms with Gasteiger partial charge >= 0.3 is 0 Å². The number of carbonyl (C=O) groups is 1. The molecule has 2 aliphatic heterocycles. The fourth-order valence-electron chi connectivity index (χ4n) is 4.30. The molecular weight excluding hydrogens is 465 g/mol. The van der Waals surface area contributed by atoms with E-state index in [2.05, 4.69) is 9.88 Å². The molecule has 180 valence electrons. The zero-order chi connectivity index (χ0) is 23.4. The molecule has 1 aromatic carbocycles. The molecule has 33 heavy (non-hydrogen) atoms. The molecule has 0 radical (unpaired) electrons. The van der Waals surface area contributed by atoms with Gasteiger partial charge in [-0.25, -0.2) is 9.37 Å². The first kappa shape index (κ1) is 24.2. The van der Waals surface area contributed by atoms with Gasteiger partial charge in [-0.1, -0.05) is 25.0 Å². The van der Waals surface area contributed by atoms with E-state index >= 15 is 0 Å². The minimum absolute atomic E-state index is 0.179. The van der Waals surface area contributed by atoms with Gasteiger partial charge < -0.3 is 0 Å². The number of nitrogens with zero attached hydrogens (tertiary/aromatic N) is 5. The standard InChI is InChI=1S/C22H30FN5O3S2/c1-18(29)28(21-9-5-4-8-20(21)23)22-24-19(17-32-22)16-25-12-14-27(15-13-25)33(30,31)26-10-6-2-3-7-11-26/h4-5,8-9,17H,2-3,6-7,10-16H2,1H3. The molecule has 0 aliphatic carbocycles. The van der Waals surface area contributed by atoms with E-state index in [1.54, 1.807) is 26.8 Å². The molecule has 11 heteroatoms. The van der Waals surface area contributed by atoms with Gasteiger partial charge in [-0.15, -0.1) is 11.3 Å². The summed E-state index contributed by atoms with van der Waals surface area (Å²) in [5.74, 6) is -0.792. The quantitative estimate of drug-likeness (QED) is 0.615. The van der Waals surface area contributed by atoms with Crippen LogP contribution in [-0.2, 0) is 21.5 Å². The number of thiazole rings is 1. The number of halogens is 1. The van der Waals surface area contributed by atoms with E-state index in [4.69, 9.17) is 0 Å². The van der Waals surface area contributed by atoms with E-state index in [1.807, 2.05) is 5.38 Å². The molecule has 0 atom stereocenters. The Kier molecular flexibility index (Phi) is 7.75. The summed E-state index contributed by atoms with van der Waals surface area (Å²) in [4.78, 5) is 20.2. The minimum atomic E-state index is -3.41. The predicted octanol–water partition coefficient (Wildman–Crippen LogP) is 3.21. The van der Waals surface area contributed by atoms with Crippen LogP contribution >= 0.6 is 11.3 Å². The van der Waals surface area contributed by atoms with E-state index in [9.17, 15) is 17.6 Å². The van der Waals surface area contributed by atoms with Crippen molar-refractivity contribution < 1.29 is 17.6 Å². The zero-order valence-corrected chi connectivity index (χ0v) is 20.5. The first-order chi connectivity index (χ1) is 15.9. The Bertz CT molecular complexity index is 1060. The van der Waals surface area contributed by atoms with Crippen molar-refractivity contribution in [2.45, 2.75) is 39.2 Å². The maximum atomic E-state index is 14.3. The highest BCUT2D eigenvalue weighted by atomic mass is 32.2.